The second kappa shape index (κ2) is 11.6. The van der Waals surface area contributed by atoms with Gasteiger partial charge >= 0.3 is 0 Å². The minimum Gasteiger partial charge on any atom is -0.306 e. The highest BCUT2D eigenvalue weighted by Gasteiger charge is 2.25. The van der Waals surface area contributed by atoms with E-state index in [2.05, 4.69) is 161 Å². The van der Waals surface area contributed by atoms with Crippen LogP contribution in [0.25, 0.3) is 88.0 Å². The maximum Gasteiger partial charge on any atom is 0.101 e. The van der Waals surface area contributed by atoms with E-state index in [4.69, 9.17) is 0 Å². The van der Waals surface area contributed by atoms with Gasteiger partial charge in [0.2, 0.25) is 0 Å². The molecule has 10 aromatic rings. The molecule has 0 saturated heterocycles. The molecular formula is C48H28N4. The molecule has 0 saturated carbocycles. The van der Waals surface area contributed by atoms with E-state index in [0.717, 1.165) is 76.6 Å². The third kappa shape index (κ3) is 4.32. The Balaban J connectivity index is 1.37. The van der Waals surface area contributed by atoms with Crippen molar-refractivity contribution in [1.29, 1.82) is 10.5 Å². The van der Waals surface area contributed by atoms with Gasteiger partial charge in [-0.05, 0) is 81.6 Å². The number of hydrogen-bond acceptors (Lipinski definition) is 2. The number of rotatable bonds is 4. The van der Waals surface area contributed by atoms with Crippen LogP contribution < -0.4 is 0 Å². The third-order valence-corrected chi connectivity index (χ3v) is 10.4. The molecule has 52 heavy (non-hydrogen) atoms. The predicted molar refractivity (Wildman–Crippen MR) is 213 cm³/mol. The monoisotopic (exact) mass is 660 g/mol. The molecule has 0 bridgehead atoms. The molecule has 0 N–H and O–H groups in total. The van der Waals surface area contributed by atoms with Gasteiger partial charge in [0, 0.05) is 21.5 Å². The summed E-state index contributed by atoms with van der Waals surface area (Å²) in [5, 5.41) is 28.3. The van der Waals surface area contributed by atoms with Crippen molar-refractivity contribution < 1.29 is 0 Å². The summed E-state index contributed by atoms with van der Waals surface area (Å²) in [7, 11) is 0. The van der Waals surface area contributed by atoms with Gasteiger partial charge in [-0.3, -0.25) is 0 Å². The molecule has 8 aromatic carbocycles. The van der Waals surface area contributed by atoms with Crippen LogP contribution in [-0.2, 0) is 0 Å². The van der Waals surface area contributed by atoms with Crippen molar-refractivity contribution in [1.82, 2.24) is 9.13 Å². The van der Waals surface area contributed by atoms with E-state index < -0.39 is 0 Å². The Hall–Kier alpha value is -7.40. The average molecular weight is 661 g/mol. The zero-order valence-corrected chi connectivity index (χ0v) is 28.0. The van der Waals surface area contributed by atoms with Gasteiger partial charge in [-0.1, -0.05) is 121 Å². The fraction of sp³-hybridized carbons (Fsp3) is 0. The molecule has 2 aromatic heterocycles. The van der Waals surface area contributed by atoms with Crippen molar-refractivity contribution in [2.45, 2.75) is 0 Å². The molecule has 0 aliphatic carbocycles. The molecule has 10 rings (SSSR count). The molecule has 0 aliphatic heterocycles. The molecule has 0 aliphatic rings. The Bertz CT molecular complexity index is 3040. The smallest absolute Gasteiger partial charge is 0.101 e. The number of nitrogens with zero attached hydrogens (tertiary/aromatic N) is 4. The van der Waals surface area contributed by atoms with Gasteiger partial charge in [-0.15, -0.1) is 0 Å². The molecule has 0 atom stereocenters. The zero-order valence-electron chi connectivity index (χ0n) is 28.0. The van der Waals surface area contributed by atoms with Crippen LogP contribution in [0.2, 0.25) is 0 Å². The van der Waals surface area contributed by atoms with Gasteiger partial charge in [0.25, 0.3) is 0 Å². The summed E-state index contributed by atoms with van der Waals surface area (Å²) in [4.78, 5) is 0. The number of para-hydroxylation sites is 1. The second-order valence-electron chi connectivity index (χ2n) is 13.1. The lowest BCUT2D eigenvalue weighted by Crippen LogP contribution is -2.08. The van der Waals surface area contributed by atoms with Crippen LogP contribution in [0.1, 0.15) is 11.1 Å². The van der Waals surface area contributed by atoms with Crippen LogP contribution in [-0.4, -0.2) is 9.13 Å². The van der Waals surface area contributed by atoms with Crippen LogP contribution in [0.15, 0.2) is 170 Å². The van der Waals surface area contributed by atoms with Crippen LogP contribution in [0.4, 0.5) is 0 Å². The molecule has 240 valence electrons. The molecule has 0 radical (unpaired) electrons. The second-order valence-corrected chi connectivity index (χ2v) is 13.1. The van der Waals surface area contributed by atoms with Gasteiger partial charge in [0.05, 0.1) is 44.6 Å². The number of benzene rings is 8. The number of hydrogen-bond donors (Lipinski definition) is 0. The summed E-state index contributed by atoms with van der Waals surface area (Å²) in [6, 6.07) is 63.6. The van der Waals surface area contributed by atoms with E-state index in [0.29, 0.717) is 22.5 Å². The largest absolute Gasteiger partial charge is 0.306 e. The Morgan fingerprint density at radius 2 is 0.808 bits per heavy atom. The highest BCUT2D eigenvalue weighted by atomic mass is 15.1. The highest BCUT2D eigenvalue weighted by Crippen LogP contribution is 2.43. The predicted octanol–water partition coefficient (Wildman–Crippen LogP) is 12.1. The molecular weight excluding hydrogens is 633 g/mol. The standard InChI is InChI=1S/C48H28N4/c49-29-36-19-20-37(30-50)48(52-42-18-10-9-17-39(42)46-38-16-8-7-15-33(38)21-26-45(46)52)47(36)51-43-24-22-34(31-11-3-1-4-12-31)27-40(43)41-28-35(23-25-44(41)51)32-13-5-2-6-14-32/h1-28H. The summed E-state index contributed by atoms with van der Waals surface area (Å²) < 4.78 is 4.39. The van der Waals surface area contributed by atoms with Crippen molar-refractivity contribution >= 4 is 54.4 Å². The number of aromatic nitrogens is 2. The molecule has 0 unspecified atom stereocenters. The lowest BCUT2D eigenvalue weighted by atomic mass is 10.0. The van der Waals surface area contributed by atoms with Crippen molar-refractivity contribution in [2.24, 2.45) is 0 Å². The van der Waals surface area contributed by atoms with Crippen LogP contribution >= 0.6 is 0 Å². The maximum atomic E-state index is 10.8. The van der Waals surface area contributed by atoms with E-state index >= 15 is 0 Å². The normalized spacial score (nSPS) is 11.4. The fourth-order valence-electron chi connectivity index (χ4n) is 8.08. The van der Waals surface area contributed by atoms with Crippen molar-refractivity contribution in [3.05, 3.63) is 181 Å². The Morgan fingerprint density at radius 1 is 0.346 bits per heavy atom. The summed E-state index contributed by atoms with van der Waals surface area (Å²) >= 11 is 0. The Morgan fingerprint density at radius 3 is 1.38 bits per heavy atom. The first-order chi connectivity index (χ1) is 25.7. The minimum absolute atomic E-state index is 0.485. The average Bonchev–Trinajstić information content (AvgIpc) is 3.73. The van der Waals surface area contributed by atoms with Gasteiger partial charge in [0.15, 0.2) is 0 Å². The van der Waals surface area contributed by atoms with E-state index in [1.165, 1.54) is 0 Å². The topological polar surface area (TPSA) is 57.4 Å². The van der Waals surface area contributed by atoms with Gasteiger partial charge in [0.1, 0.15) is 12.1 Å². The summed E-state index contributed by atoms with van der Waals surface area (Å²) in [5.41, 5.74) is 10.7. The van der Waals surface area contributed by atoms with E-state index in [1.54, 1.807) is 12.1 Å². The maximum absolute atomic E-state index is 10.8. The molecule has 0 fully saturated rings. The van der Waals surface area contributed by atoms with Gasteiger partial charge < -0.3 is 9.13 Å². The van der Waals surface area contributed by atoms with Crippen molar-refractivity contribution in [2.75, 3.05) is 0 Å². The Kier molecular flexibility index (Phi) is 6.58. The summed E-state index contributed by atoms with van der Waals surface area (Å²) in [6.07, 6.45) is 0. The fourth-order valence-corrected chi connectivity index (χ4v) is 8.08. The number of nitriles is 2. The highest BCUT2D eigenvalue weighted by molar-refractivity contribution is 6.21. The lowest BCUT2D eigenvalue weighted by molar-refractivity contribution is 1.08. The first-order valence-corrected chi connectivity index (χ1v) is 17.3. The third-order valence-electron chi connectivity index (χ3n) is 10.4. The molecule has 4 heteroatoms. The molecule has 4 nitrogen and oxygen atoms in total. The van der Waals surface area contributed by atoms with E-state index in [1.807, 2.05) is 18.2 Å². The van der Waals surface area contributed by atoms with Crippen molar-refractivity contribution in [3.63, 3.8) is 0 Å². The quantitative estimate of drug-likeness (QED) is 0.189. The van der Waals surface area contributed by atoms with Crippen LogP contribution in [0, 0.1) is 22.7 Å². The summed E-state index contributed by atoms with van der Waals surface area (Å²) in [6.45, 7) is 0. The van der Waals surface area contributed by atoms with Crippen LogP contribution in [0.3, 0.4) is 0 Å². The minimum atomic E-state index is 0.485. The first-order valence-electron chi connectivity index (χ1n) is 17.3. The first kappa shape index (κ1) is 29.5. The zero-order chi connectivity index (χ0) is 34.8. The molecule has 0 amide bonds. The van der Waals surface area contributed by atoms with Gasteiger partial charge in [-0.25, -0.2) is 0 Å². The lowest BCUT2D eigenvalue weighted by Gasteiger charge is -2.19. The number of fused-ring (bicyclic) bond motifs is 8. The summed E-state index contributed by atoms with van der Waals surface area (Å²) in [5.74, 6) is 0. The van der Waals surface area contributed by atoms with Gasteiger partial charge in [-0.2, -0.15) is 10.5 Å². The van der Waals surface area contributed by atoms with E-state index in [-0.39, 0.29) is 0 Å². The van der Waals surface area contributed by atoms with Crippen LogP contribution in [0.5, 0.6) is 0 Å². The Labute approximate surface area is 299 Å². The molecule has 2 heterocycles. The SMILES string of the molecule is N#Cc1ccc(C#N)c(-n2c3ccccc3c3c4ccccc4ccc32)c1-n1c2ccc(-c3ccccc3)cc2c2cc(-c3ccccc3)ccc21. The molecule has 0 spiro atoms. The van der Waals surface area contributed by atoms with Crippen molar-refractivity contribution in [3.8, 4) is 45.8 Å². The van der Waals surface area contributed by atoms with E-state index in [9.17, 15) is 10.5 Å².